The van der Waals surface area contributed by atoms with Crippen molar-refractivity contribution in [3.05, 3.63) is 65.2 Å². The summed E-state index contributed by atoms with van der Waals surface area (Å²) >= 11 is 5.83. The standard InChI is InChI=1S/C18H22ClNO3S/c1-15(21)14-20(13-5-8-16-6-3-2-4-7-16)24(22,23)18-11-9-17(19)10-12-18/h2-4,6-7,9-12,15,21H,5,8,13-14H2,1H3/t15-/m1/s1. The third kappa shape index (κ3) is 5.31. The van der Waals surface area contributed by atoms with Gasteiger partial charge in [0, 0.05) is 18.1 Å². The first-order valence-corrected chi connectivity index (χ1v) is 9.69. The highest BCUT2D eigenvalue weighted by molar-refractivity contribution is 7.89. The molecule has 2 rings (SSSR count). The molecule has 1 atom stereocenters. The second-order valence-corrected chi connectivity index (χ2v) is 8.13. The van der Waals surface area contributed by atoms with Crippen molar-refractivity contribution >= 4 is 21.6 Å². The van der Waals surface area contributed by atoms with Crippen molar-refractivity contribution in [2.24, 2.45) is 0 Å². The van der Waals surface area contributed by atoms with Gasteiger partial charge in [0.15, 0.2) is 0 Å². The minimum Gasteiger partial charge on any atom is -0.392 e. The molecule has 0 radical (unpaired) electrons. The molecule has 2 aromatic carbocycles. The van der Waals surface area contributed by atoms with Gasteiger partial charge in [-0.05, 0) is 49.6 Å². The molecule has 2 aromatic rings. The molecule has 0 spiro atoms. The van der Waals surface area contributed by atoms with Crippen LogP contribution in [0.5, 0.6) is 0 Å². The molecule has 0 aliphatic rings. The molecule has 0 heterocycles. The summed E-state index contributed by atoms with van der Waals surface area (Å²) in [5.41, 5.74) is 1.17. The molecule has 0 unspecified atom stereocenters. The van der Waals surface area contributed by atoms with Crippen LogP contribution in [0.25, 0.3) is 0 Å². The molecule has 1 N–H and O–H groups in total. The largest absolute Gasteiger partial charge is 0.392 e. The Hall–Kier alpha value is -1.40. The first-order chi connectivity index (χ1) is 11.4. The average Bonchev–Trinajstić information content (AvgIpc) is 2.55. The molecule has 4 nitrogen and oxygen atoms in total. The highest BCUT2D eigenvalue weighted by Gasteiger charge is 2.25. The lowest BCUT2D eigenvalue weighted by molar-refractivity contribution is 0.162. The van der Waals surface area contributed by atoms with E-state index >= 15 is 0 Å². The molecule has 0 aliphatic heterocycles. The summed E-state index contributed by atoms with van der Waals surface area (Å²) in [5.74, 6) is 0. The predicted molar refractivity (Wildman–Crippen MR) is 96.7 cm³/mol. The van der Waals surface area contributed by atoms with Gasteiger partial charge < -0.3 is 5.11 Å². The van der Waals surface area contributed by atoms with Gasteiger partial charge in [-0.2, -0.15) is 4.31 Å². The Morgan fingerprint density at radius 2 is 1.71 bits per heavy atom. The Balaban J connectivity index is 2.10. The van der Waals surface area contributed by atoms with E-state index in [1.807, 2.05) is 30.3 Å². The van der Waals surface area contributed by atoms with Crippen LogP contribution < -0.4 is 0 Å². The van der Waals surface area contributed by atoms with Crippen LogP contribution in [-0.4, -0.2) is 37.0 Å². The second-order valence-electron chi connectivity index (χ2n) is 5.76. The number of aryl methyl sites for hydroxylation is 1. The summed E-state index contributed by atoms with van der Waals surface area (Å²) in [5, 5.41) is 10.2. The Labute approximate surface area is 148 Å². The first kappa shape index (κ1) is 18.9. The summed E-state index contributed by atoms with van der Waals surface area (Å²) in [6, 6.07) is 16.0. The van der Waals surface area contributed by atoms with Gasteiger partial charge in [-0.25, -0.2) is 8.42 Å². The van der Waals surface area contributed by atoms with E-state index in [1.165, 1.54) is 22.0 Å². The van der Waals surface area contributed by atoms with E-state index in [4.69, 9.17) is 11.6 Å². The lowest BCUT2D eigenvalue weighted by atomic mass is 10.1. The molecule has 0 amide bonds. The van der Waals surface area contributed by atoms with E-state index in [-0.39, 0.29) is 11.4 Å². The summed E-state index contributed by atoms with van der Waals surface area (Å²) < 4.78 is 26.9. The highest BCUT2D eigenvalue weighted by atomic mass is 35.5. The monoisotopic (exact) mass is 367 g/mol. The molecule has 130 valence electrons. The lowest BCUT2D eigenvalue weighted by Crippen LogP contribution is -2.37. The summed E-state index contributed by atoms with van der Waals surface area (Å²) in [6.45, 7) is 2.01. The van der Waals surface area contributed by atoms with Gasteiger partial charge >= 0.3 is 0 Å². The van der Waals surface area contributed by atoms with Crippen LogP contribution in [0.3, 0.4) is 0 Å². The number of aliphatic hydroxyl groups is 1. The number of hydrogen-bond acceptors (Lipinski definition) is 3. The van der Waals surface area contributed by atoms with Crippen LogP contribution in [0, 0.1) is 0 Å². The molecule has 0 aliphatic carbocycles. The van der Waals surface area contributed by atoms with E-state index in [0.717, 1.165) is 6.42 Å². The zero-order chi connectivity index (χ0) is 17.6. The number of nitrogens with zero attached hydrogens (tertiary/aromatic N) is 1. The van der Waals surface area contributed by atoms with Crippen LogP contribution in [0.1, 0.15) is 18.9 Å². The lowest BCUT2D eigenvalue weighted by Gasteiger charge is -2.23. The van der Waals surface area contributed by atoms with Gasteiger partial charge in [0.2, 0.25) is 10.0 Å². The molecule has 24 heavy (non-hydrogen) atoms. The normalized spacial score (nSPS) is 13.2. The fraction of sp³-hybridized carbons (Fsp3) is 0.333. The molecule has 0 aromatic heterocycles. The first-order valence-electron chi connectivity index (χ1n) is 7.87. The van der Waals surface area contributed by atoms with Gasteiger partial charge in [-0.15, -0.1) is 0 Å². The Morgan fingerprint density at radius 3 is 2.29 bits per heavy atom. The molecule has 0 bridgehead atoms. The van der Waals surface area contributed by atoms with Gasteiger partial charge in [0.25, 0.3) is 0 Å². The zero-order valence-electron chi connectivity index (χ0n) is 13.6. The van der Waals surface area contributed by atoms with E-state index < -0.39 is 16.1 Å². The molecule has 0 saturated heterocycles. The van der Waals surface area contributed by atoms with Crippen LogP contribution in [0.4, 0.5) is 0 Å². The molecule has 0 fully saturated rings. The Morgan fingerprint density at radius 1 is 1.08 bits per heavy atom. The van der Waals surface area contributed by atoms with E-state index in [2.05, 4.69) is 0 Å². The van der Waals surface area contributed by atoms with E-state index in [1.54, 1.807) is 19.1 Å². The van der Waals surface area contributed by atoms with Crippen LogP contribution in [-0.2, 0) is 16.4 Å². The topological polar surface area (TPSA) is 57.6 Å². The summed E-state index contributed by atoms with van der Waals surface area (Å²) in [6.07, 6.45) is 0.736. The highest BCUT2D eigenvalue weighted by Crippen LogP contribution is 2.19. The summed E-state index contributed by atoms with van der Waals surface area (Å²) in [4.78, 5) is 0.187. The fourth-order valence-corrected chi connectivity index (χ4v) is 4.15. The molecule has 0 saturated carbocycles. The Kier molecular flexibility index (Phi) is 6.80. The quantitative estimate of drug-likeness (QED) is 0.778. The van der Waals surface area contributed by atoms with Crippen molar-refractivity contribution in [1.29, 1.82) is 0 Å². The maximum absolute atomic E-state index is 12.8. The Bertz CT molecular complexity index is 731. The average molecular weight is 368 g/mol. The van der Waals surface area contributed by atoms with Gasteiger partial charge in [-0.1, -0.05) is 41.9 Å². The van der Waals surface area contributed by atoms with Crippen molar-refractivity contribution < 1.29 is 13.5 Å². The predicted octanol–water partition coefficient (Wildman–Crippen LogP) is 3.34. The van der Waals surface area contributed by atoms with Crippen LogP contribution in [0.15, 0.2) is 59.5 Å². The van der Waals surface area contributed by atoms with Crippen molar-refractivity contribution in [3.8, 4) is 0 Å². The smallest absolute Gasteiger partial charge is 0.243 e. The SMILES string of the molecule is C[C@@H](O)CN(CCCc1ccccc1)S(=O)(=O)c1ccc(Cl)cc1. The molecular formula is C18H22ClNO3S. The minimum atomic E-state index is -3.65. The maximum Gasteiger partial charge on any atom is 0.243 e. The van der Waals surface area contributed by atoms with E-state index in [0.29, 0.717) is 18.0 Å². The molecule has 6 heteroatoms. The number of hydrogen-bond donors (Lipinski definition) is 1. The van der Waals surface area contributed by atoms with Crippen LogP contribution in [0.2, 0.25) is 5.02 Å². The third-order valence-electron chi connectivity index (χ3n) is 3.64. The van der Waals surface area contributed by atoms with Crippen LogP contribution >= 0.6 is 11.6 Å². The maximum atomic E-state index is 12.8. The number of aliphatic hydroxyl groups excluding tert-OH is 1. The minimum absolute atomic E-state index is 0.0692. The third-order valence-corrected chi connectivity index (χ3v) is 5.77. The number of sulfonamides is 1. The van der Waals surface area contributed by atoms with Crippen molar-refractivity contribution in [1.82, 2.24) is 4.31 Å². The number of halogens is 1. The summed E-state index contributed by atoms with van der Waals surface area (Å²) in [7, 11) is -3.65. The number of rotatable bonds is 8. The second kappa shape index (κ2) is 8.62. The van der Waals surface area contributed by atoms with Gasteiger partial charge in [-0.3, -0.25) is 0 Å². The van der Waals surface area contributed by atoms with Crippen molar-refractivity contribution in [3.63, 3.8) is 0 Å². The van der Waals surface area contributed by atoms with E-state index in [9.17, 15) is 13.5 Å². The number of benzene rings is 2. The molecular weight excluding hydrogens is 346 g/mol. The fourth-order valence-electron chi connectivity index (χ4n) is 2.46. The van der Waals surface area contributed by atoms with Gasteiger partial charge in [0.1, 0.15) is 0 Å². The van der Waals surface area contributed by atoms with Crippen molar-refractivity contribution in [2.75, 3.05) is 13.1 Å². The van der Waals surface area contributed by atoms with Gasteiger partial charge in [0.05, 0.1) is 11.0 Å². The zero-order valence-corrected chi connectivity index (χ0v) is 15.2. The van der Waals surface area contributed by atoms with Crippen molar-refractivity contribution in [2.45, 2.75) is 30.8 Å².